The Labute approximate surface area is 168 Å². The lowest BCUT2D eigenvalue weighted by molar-refractivity contribution is 0.0706. The molecule has 3 N–H and O–H groups in total. The van der Waals surface area contributed by atoms with Gasteiger partial charge in [0.25, 0.3) is 5.91 Å². The van der Waals surface area contributed by atoms with E-state index in [4.69, 9.17) is 9.94 Å². The smallest absolute Gasteiger partial charge is 0.274 e. The third-order valence-electron chi connectivity index (χ3n) is 3.99. The Kier molecular flexibility index (Phi) is 6.90. The largest absolute Gasteiger partial charge is 0.383 e. The fraction of sp³-hybridized carbons (Fsp3) is 0.136. The summed E-state index contributed by atoms with van der Waals surface area (Å²) in [5.74, 6) is 6.05. The van der Waals surface area contributed by atoms with E-state index in [0.717, 1.165) is 16.7 Å². The van der Waals surface area contributed by atoms with Gasteiger partial charge in [0.2, 0.25) is 0 Å². The minimum Gasteiger partial charge on any atom is -0.383 e. The van der Waals surface area contributed by atoms with E-state index in [1.807, 2.05) is 36.4 Å². The fourth-order valence-electron chi connectivity index (χ4n) is 2.55. The highest BCUT2D eigenvalue weighted by Crippen LogP contribution is 2.22. The van der Waals surface area contributed by atoms with Crippen LogP contribution >= 0.6 is 0 Å². The second kappa shape index (κ2) is 9.99. The van der Waals surface area contributed by atoms with Gasteiger partial charge in [-0.25, -0.2) is 10.5 Å². The van der Waals surface area contributed by atoms with E-state index in [0.29, 0.717) is 24.7 Å². The molecule has 3 aromatic rings. The fourth-order valence-corrected chi connectivity index (χ4v) is 2.55. The van der Waals surface area contributed by atoms with Crippen molar-refractivity contribution in [2.75, 3.05) is 25.6 Å². The predicted octanol–water partition coefficient (Wildman–Crippen LogP) is 2.72. The number of aromatic nitrogens is 2. The number of carbonyl (C=O) groups is 1. The lowest BCUT2D eigenvalue weighted by atomic mass is 10.1. The first-order valence-electron chi connectivity index (χ1n) is 8.91. The van der Waals surface area contributed by atoms with E-state index in [2.05, 4.69) is 27.1 Å². The molecule has 0 saturated carbocycles. The van der Waals surface area contributed by atoms with Gasteiger partial charge in [0.15, 0.2) is 0 Å². The summed E-state index contributed by atoms with van der Waals surface area (Å²) >= 11 is 0. The Morgan fingerprint density at radius 3 is 2.62 bits per heavy atom. The zero-order chi connectivity index (χ0) is 20.5. The van der Waals surface area contributed by atoms with Crippen molar-refractivity contribution < 1.29 is 14.7 Å². The number of nitrogens with zero attached hydrogens (tertiary/aromatic N) is 2. The molecule has 0 aliphatic rings. The van der Waals surface area contributed by atoms with Gasteiger partial charge in [-0.15, -0.1) is 0 Å². The number of pyridine rings is 2. The lowest BCUT2D eigenvalue weighted by Crippen LogP contribution is -2.19. The number of amides is 1. The molecule has 1 aromatic carbocycles. The van der Waals surface area contributed by atoms with Crippen LogP contribution in [0.2, 0.25) is 0 Å². The topological polar surface area (TPSA) is 96.4 Å². The van der Waals surface area contributed by atoms with Crippen LogP contribution in [0.1, 0.15) is 21.5 Å². The summed E-state index contributed by atoms with van der Waals surface area (Å²) in [7, 11) is 1.61. The molecule has 7 nitrogen and oxygen atoms in total. The van der Waals surface area contributed by atoms with Crippen LogP contribution in [-0.4, -0.2) is 41.3 Å². The van der Waals surface area contributed by atoms with Crippen molar-refractivity contribution in [2.45, 2.75) is 0 Å². The average Bonchev–Trinajstić information content (AvgIpc) is 2.78. The minimum absolute atomic E-state index is 0.290. The molecule has 0 spiro atoms. The summed E-state index contributed by atoms with van der Waals surface area (Å²) < 4.78 is 5.02. The number of nitrogens with one attached hydrogen (secondary N) is 2. The Morgan fingerprint density at radius 2 is 1.93 bits per heavy atom. The minimum atomic E-state index is -0.609. The zero-order valence-electron chi connectivity index (χ0n) is 15.8. The van der Waals surface area contributed by atoms with Gasteiger partial charge in [-0.3, -0.25) is 15.0 Å². The van der Waals surface area contributed by atoms with E-state index in [1.54, 1.807) is 37.1 Å². The van der Waals surface area contributed by atoms with E-state index < -0.39 is 5.91 Å². The molecule has 0 fully saturated rings. The van der Waals surface area contributed by atoms with Crippen molar-refractivity contribution in [1.29, 1.82) is 0 Å². The van der Waals surface area contributed by atoms with Crippen LogP contribution < -0.4 is 10.8 Å². The number of anilines is 1. The highest BCUT2D eigenvalue weighted by molar-refractivity contribution is 5.95. The summed E-state index contributed by atoms with van der Waals surface area (Å²) in [6.45, 7) is 1.04. The highest BCUT2D eigenvalue weighted by atomic mass is 16.5. The molecule has 2 heterocycles. The van der Waals surface area contributed by atoms with Crippen LogP contribution in [0.25, 0.3) is 11.3 Å². The molecular formula is C22H20N4O3. The van der Waals surface area contributed by atoms with Gasteiger partial charge in [0, 0.05) is 48.3 Å². The Bertz CT molecular complexity index is 1030. The Morgan fingerprint density at radius 1 is 1.14 bits per heavy atom. The third-order valence-corrected chi connectivity index (χ3v) is 3.99. The highest BCUT2D eigenvalue weighted by Gasteiger charge is 2.10. The molecule has 0 aliphatic carbocycles. The molecule has 146 valence electrons. The van der Waals surface area contributed by atoms with Crippen molar-refractivity contribution >= 4 is 11.7 Å². The number of hydroxylamine groups is 1. The molecule has 1 amide bonds. The molecule has 2 aromatic heterocycles. The molecule has 0 atom stereocenters. The maximum atomic E-state index is 11.9. The van der Waals surface area contributed by atoms with Crippen LogP contribution in [0.5, 0.6) is 0 Å². The number of rotatable bonds is 6. The van der Waals surface area contributed by atoms with Crippen LogP contribution in [0.15, 0.2) is 60.9 Å². The van der Waals surface area contributed by atoms with Crippen molar-refractivity contribution in [1.82, 2.24) is 15.4 Å². The van der Waals surface area contributed by atoms with Crippen molar-refractivity contribution in [3.05, 3.63) is 77.6 Å². The van der Waals surface area contributed by atoms with E-state index in [-0.39, 0.29) is 5.56 Å². The first-order valence-corrected chi connectivity index (χ1v) is 8.91. The quantitative estimate of drug-likeness (QED) is 0.260. The van der Waals surface area contributed by atoms with Gasteiger partial charge in [-0.05, 0) is 36.4 Å². The van der Waals surface area contributed by atoms with Crippen LogP contribution in [0.3, 0.4) is 0 Å². The van der Waals surface area contributed by atoms with Gasteiger partial charge in [0.05, 0.1) is 12.3 Å². The van der Waals surface area contributed by atoms with Crippen LogP contribution in [0.4, 0.5) is 5.82 Å². The summed E-state index contributed by atoms with van der Waals surface area (Å²) in [6, 6.07) is 14.5. The van der Waals surface area contributed by atoms with Crippen LogP contribution in [-0.2, 0) is 4.74 Å². The molecule has 0 aliphatic heterocycles. The molecule has 3 rings (SSSR count). The van der Waals surface area contributed by atoms with Crippen molar-refractivity contribution in [3.63, 3.8) is 0 Å². The molecule has 0 saturated heterocycles. The molecule has 0 unspecified atom stereocenters. The third kappa shape index (κ3) is 5.62. The van der Waals surface area contributed by atoms with E-state index >= 15 is 0 Å². The van der Waals surface area contributed by atoms with E-state index in [1.165, 1.54) is 0 Å². The maximum absolute atomic E-state index is 11.9. The molecular weight excluding hydrogens is 368 g/mol. The predicted molar refractivity (Wildman–Crippen MR) is 110 cm³/mol. The maximum Gasteiger partial charge on any atom is 0.274 e. The van der Waals surface area contributed by atoms with Gasteiger partial charge in [0.1, 0.15) is 5.82 Å². The SMILES string of the molecule is COCCNc1cc(C(=O)NO)cc(-c2ccc(C#Cc3cccnc3)cc2)n1. The lowest BCUT2D eigenvalue weighted by Gasteiger charge is -2.10. The number of ether oxygens (including phenoxy) is 1. The average molecular weight is 388 g/mol. The normalized spacial score (nSPS) is 10.0. The number of hydrogen-bond acceptors (Lipinski definition) is 6. The summed E-state index contributed by atoms with van der Waals surface area (Å²) in [6.07, 6.45) is 3.41. The summed E-state index contributed by atoms with van der Waals surface area (Å²) in [4.78, 5) is 20.5. The monoisotopic (exact) mass is 388 g/mol. The molecule has 0 bridgehead atoms. The summed E-state index contributed by atoms with van der Waals surface area (Å²) in [5, 5.41) is 12.1. The number of hydrogen-bond donors (Lipinski definition) is 3. The van der Waals surface area contributed by atoms with Gasteiger partial charge >= 0.3 is 0 Å². The number of carbonyl (C=O) groups excluding carboxylic acids is 1. The Balaban J connectivity index is 1.85. The standard InChI is InChI=1S/C22H20N4O3/c1-29-12-11-24-21-14-19(22(27)26-28)13-20(25-21)18-8-6-16(7-9-18)4-5-17-3-2-10-23-15-17/h2-3,6-10,13-15,28H,11-12H2,1H3,(H,24,25)(H,26,27). The second-order valence-electron chi connectivity index (χ2n) is 6.06. The van der Waals surface area contributed by atoms with Gasteiger partial charge in [-0.2, -0.15) is 0 Å². The molecule has 29 heavy (non-hydrogen) atoms. The van der Waals surface area contributed by atoms with Gasteiger partial charge < -0.3 is 10.1 Å². The number of benzene rings is 1. The molecule has 0 radical (unpaired) electrons. The van der Waals surface area contributed by atoms with E-state index in [9.17, 15) is 4.79 Å². The second-order valence-corrected chi connectivity index (χ2v) is 6.06. The zero-order valence-corrected chi connectivity index (χ0v) is 15.8. The first-order chi connectivity index (χ1) is 14.2. The Hall–Kier alpha value is -3.73. The number of methoxy groups -OCH3 is 1. The van der Waals surface area contributed by atoms with Crippen molar-refractivity contribution in [2.24, 2.45) is 0 Å². The first kappa shape index (κ1) is 20.0. The van der Waals surface area contributed by atoms with Crippen molar-refractivity contribution in [3.8, 4) is 23.1 Å². The summed E-state index contributed by atoms with van der Waals surface area (Å²) in [5.41, 5.74) is 5.04. The molecule has 7 heteroatoms. The van der Waals surface area contributed by atoms with Gasteiger partial charge in [-0.1, -0.05) is 24.0 Å². The van der Waals surface area contributed by atoms with Crippen LogP contribution in [0, 0.1) is 11.8 Å².